The van der Waals surface area contributed by atoms with Crippen molar-refractivity contribution < 1.29 is 4.79 Å². The number of rotatable bonds is 4. The molecule has 0 bridgehead atoms. The Kier molecular flexibility index (Phi) is 2.81. The summed E-state index contributed by atoms with van der Waals surface area (Å²) in [6, 6.07) is 14.5. The van der Waals surface area contributed by atoms with Gasteiger partial charge in [-0.2, -0.15) is 0 Å². The minimum atomic E-state index is -0.0667. The largest absolute Gasteiger partial charge is 0.351 e. The molecule has 1 heterocycles. The molecule has 1 N–H and O–H groups in total. The van der Waals surface area contributed by atoms with Crippen LogP contribution in [0.1, 0.15) is 29.9 Å². The van der Waals surface area contributed by atoms with Crippen LogP contribution < -0.4 is 5.32 Å². The highest BCUT2D eigenvalue weighted by atomic mass is 16.2. The second kappa shape index (κ2) is 4.69. The van der Waals surface area contributed by atoms with Crippen molar-refractivity contribution in [3.63, 3.8) is 0 Å². The highest BCUT2D eigenvalue weighted by Gasteiger charge is 2.71. The van der Waals surface area contributed by atoms with Gasteiger partial charge in [0.2, 0.25) is 5.91 Å². The third kappa shape index (κ3) is 2.04. The van der Waals surface area contributed by atoms with E-state index < -0.39 is 0 Å². The zero-order chi connectivity index (χ0) is 14.3. The number of carbonyl (C=O) groups is 1. The van der Waals surface area contributed by atoms with Gasteiger partial charge >= 0.3 is 0 Å². The fourth-order valence-electron chi connectivity index (χ4n) is 3.74. The van der Waals surface area contributed by atoms with Gasteiger partial charge in [0.1, 0.15) is 0 Å². The molecule has 0 radical (unpaired) electrons. The Morgan fingerprint density at radius 3 is 2.76 bits per heavy atom. The molecule has 2 aliphatic rings. The van der Waals surface area contributed by atoms with Crippen molar-refractivity contribution in [1.29, 1.82) is 0 Å². The first-order valence-corrected chi connectivity index (χ1v) is 7.52. The maximum absolute atomic E-state index is 12.4. The van der Waals surface area contributed by atoms with E-state index in [1.54, 1.807) is 12.4 Å². The predicted octanol–water partition coefficient (Wildman–Crippen LogP) is 2.89. The molecule has 106 valence electrons. The molecule has 0 saturated heterocycles. The standard InChI is InChI=1S/C18H18N2O/c21-17(20-12-13-5-4-8-19-11-13)18-9-15(16(18)10-18)14-6-2-1-3-7-14/h1-8,11,15-16H,9-10,12H2,(H,20,21)/t15-,16-,18+/m0/s1. The van der Waals surface area contributed by atoms with E-state index in [0.717, 1.165) is 18.4 Å². The summed E-state index contributed by atoms with van der Waals surface area (Å²) in [7, 11) is 0. The number of fused-ring (bicyclic) bond motifs is 1. The molecule has 1 aromatic heterocycles. The van der Waals surface area contributed by atoms with Gasteiger partial charge in [0.25, 0.3) is 0 Å². The van der Waals surface area contributed by atoms with Crippen molar-refractivity contribution in [2.24, 2.45) is 11.3 Å². The predicted molar refractivity (Wildman–Crippen MR) is 80.4 cm³/mol. The van der Waals surface area contributed by atoms with E-state index in [1.165, 1.54) is 5.56 Å². The summed E-state index contributed by atoms with van der Waals surface area (Å²) < 4.78 is 0. The molecule has 21 heavy (non-hydrogen) atoms. The fourth-order valence-corrected chi connectivity index (χ4v) is 3.74. The zero-order valence-electron chi connectivity index (χ0n) is 11.8. The summed E-state index contributed by atoms with van der Waals surface area (Å²) in [5, 5.41) is 3.08. The van der Waals surface area contributed by atoms with Crippen LogP contribution in [0.25, 0.3) is 0 Å². The Morgan fingerprint density at radius 2 is 2.05 bits per heavy atom. The summed E-state index contributed by atoms with van der Waals surface area (Å²) in [4.78, 5) is 16.5. The zero-order valence-corrected chi connectivity index (χ0v) is 11.8. The van der Waals surface area contributed by atoms with Crippen molar-refractivity contribution in [3.8, 4) is 0 Å². The summed E-state index contributed by atoms with van der Waals surface area (Å²) in [6.07, 6.45) is 5.60. The van der Waals surface area contributed by atoms with Crippen LogP contribution in [0.2, 0.25) is 0 Å². The van der Waals surface area contributed by atoms with Gasteiger partial charge in [-0.3, -0.25) is 9.78 Å². The lowest BCUT2D eigenvalue weighted by atomic mass is 9.71. The number of amides is 1. The Morgan fingerprint density at radius 1 is 1.19 bits per heavy atom. The van der Waals surface area contributed by atoms with Gasteiger partial charge in [-0.1, -0.05) is 36.4 Å². The highest BCUT2D eigenvalue weighted by molar-refractivity contribution is 5.88. The first kappa shape index (κ1) is 12.6. The Labute approximate surface area is 124 Å². The minimum absolute atomic E-state index is 0.0667. The van der Waals surface area contributed by atoms with Crippen LogP contribution in [0.15, 0.2) is 54.9 Å². The summed E-state index contributed by atoms with van der Waals surface area (Å²) in [5.41, 5.74) is 2.37. The van der Waals surface area contributed by atoms with Gasteiger partial charge in [-0.25, -0.2) is 0 Å². The molecule has 1 aromatic carbocycles. The van der Waals surface area contributed by atoms with Gasteiger partial charge in [0.05, 0.1) is 5.41 Å². The molecule has 2 fully saturated rings. The van der Waals surface area contributed by atoms with Crippen LogP contribution in [0, 0.1) is 11.3 Å². The van der Waals surface area contributed by atoms with Gasteiger partial charge < -0.3 is 5.32 Å². The number of aromatic nitrogens is 1. The molecule has 2 aliphatic carbocycles. The first-order valence-electron chi connectivity index (χ1n) is 7.52. The van der Waals surface area contributed by atoms with Crippen LogP contribution in [0.3, 0.4) is 0 Å². The van der Waals surface area contributed by atoms with Gasteiger partial charge in [-0.15, -0.1) is 0 Å². The smallest absolute Gasteiger partial charge is 0.226 e. The highest BCUT2D eigenvalue weighted by Crippen LogP contribution is 2.74. The van der Waals surface area contributed by atoms with E-state index in [4.69, 9.17) is 0 Å². The van der Waals surface area contributed by atoms with E-state index in [-0.39, 0.29) is 11.3 Å². The van der Waals surface area contributed by atoms with Crippen molar-refractivity contribution >= 4 is 5.91 Å². The van der Waals surface area contributed by atoms with Gasteiger partial charge in [0.15, 0.2) is 0 Å². The lowest BCUT2D eigenvalue weighted by Gasteiger charge is -2.34. The average Bonchev–Trinajstić information content (AvgIpc) is 3.12. The van der Waals surface area contributed by atoms with E-state index in [2.05, 4.69) is 34.6 Å². The minimum Gasteiger partial charge on any atom is -0.351 e. The van der Waals surface area contributed by atoms with Gasteiger partial charge in [0, 0.05) is 18.9 Å². The third-order valence-electron chi connectivity index (χ3n) is 5.06. The lowest BCUT2D eigenvalue weighted by Crippen LogP contribution is -2.39. The lowest BCUT2D eigenvalue weighted by molar-refractivity contribution is -0.129. The fraction of sp³-hybridized carbons (Fsp3) is 0.333. The number of nitrogens with zero attached hydrogens (tertiary/aromatic N) is 1. The van der Waals surface area contributed by atoms with Crippen molar-refractivity contribution in [3.05, 3.63) is 66.0 Å². The molecule has 1 amide bonds. The second-order valence-electron chi connectivity index (χ2n) is 6.23. The molecule has 4 rings (SSSR count). The maximum atomic E-state index is 12.4. The molecule has 0 spiro atoms. The number of nitrogens with one attached hydrogen (secondary N) is 1. The summed E-state index contributed by atoms with van der Waals surface area (Å²) >= 11 is 0. The van der Waals surface area contributed by atoms with E-state index in [9.17, 15) is 4.79 Å². The normalized spacial score (nSPS) is 29.1. The molecule has 2 saturated carbocycles. The molecular formula is C18H18N2O. The monoisotopic (exact) mass is 278 g/mol. The SMILES string of the molecule is O=C(NCc1cccnc1)[C@@]12C[C@@H](c3ccccc3)[C@@H]1C2. The average molecular weight is 278 g/mol. The number of hydrogen-bond donors (Lipinski definition) is 1. The molecule has 0 unspecified atom stereocenters. The Balaban J connectivity index is 1.36. The maximum Gasteiger partial charge on any atom is 0.226 e. The molecule has 3 atom stereocenters. The van der Waals surface area contributed by atoms with E-state index >= 15 is 0 Å². The molecular weight excluding hydrogens is 260 g/mol. The van der Waals surface area contributed by atoms with E-state index in [0.29, 0.717) is 18.4 Å². The molecule has 3 nitrogen and oxygen atoms in total. The second-order valence-corrected chi connectivity index (χ2v) is 6.23. The number of pyridine rings is 1. The quantitative estimate of drug-likeness (QED) is 0.934. The van der Waals surface area contributed by atoms with Crippen LogP contribution in [0.4, 0.5) is 0 Å². The summed E-state index contributed by atoms with van der Waals surface area (Å²) in [5.74, 6) is 1.35. The number of benzene rings is 1. The van der Waals surface area contributed by atoms with Crippen LogP contribution in [0.5, 0.6) is 0 Å². The van der Waals surface area contributed by atoms with Crippen LogP contribution >= 0.6 is 0 Å². The molecule has 3 heteroatoms. The molecule has 2 aromatic rings. The van der Waals surface area contributed by atoms with Crippen molar-refractivity contribution in [2.75, 3.05) is 0 Å². The van der Waals surface area contributed by atoms with E-state index in [1.807, 2.05) is 18.2 Å². The number of carbonyl (C=O) groups excluding carboxylic acids is 1. The van der Waals surface area contributed by atoms with Crippen LogP contribution in [-0.2, 0) is 11.3 Å². The Bertz CT molecular complexity index is 655. The van der Waals surface area contributed by atoms with Crippen molar-refractivity contribution in [1.82, 2.24) is 10.3 Å². The van der Waals surface area contributed by atoms with Crippen molar-refractivity contribution in [2.45, 2.75) is 25.3 Å². The number of hydrogen-bond acceptors (Lipinski definition) is 2. The summed E-state index contributed by atoms with van der Waals surface area (Å²) in [6.45, 7) is 0.581. The first-order chi connectivity index (χ1) is 10.3. The third-order valence-corrected chi connectivity index (χ3v) is 5.06. The Hall–Kier alpha value is -2.16. The van der Waals surface area contributed by atoms with Crippen LogP contribution in [-0.4, -0.2) is 10.9 Å². The topological polar surface area (TPSA) is 42.0 Å². The van der Waals surface area contributed by atoms with Gasteiger partial charge in [-0.05, 0) is 41.9 Å². The molecule has 0 aliphatic heterocycles.